The van der Waals surface area contributed by atoms with E-state index >= 15 is 0 Å². The number of nitrogens with one attached hydrogen (secondary N) is 1. The Morgan fingerprint density at radius 2 is 1.88 bits per heavy atom. The zero-order valence-corrected chi connectivity index (χ0v) is 16.8. The van der Waals surface area contributed by atoms with E-state index in [0.29, 0.717) is 20.9 Å². The third kappa shape index (κ3) is 2.78. The van der Waals surface area contributed by atoms with Crippen molar-refractivity contribution >= 4 is 50.7 Å². The summed E-state index contributed by atoms with van der Waals surface area (Å²) in [6.07, 6.45) is 0. The predicted octanol–water partition coefficient (Wildman–Crippen LogP) is 1.42. The number of pyridine rings is 1. The van der Waals surface area contributed by atoms with Crippen molar-refractivity contribution in [1.29, 1.82) is 0 Å². The van der Waals surface area contributed by atoms with Gasteiger partial charge < -0.3 is 10.5 Å². The van der Waals surface area contributed by atoms with Gasteiger partial charge in [0, 0.05) is 5.39 Å². The van der Waals surface area contributed by atoms with Gasteiger partial charge in [-0.1, -0.05) is 23.2 Å². The van der Waals surface area contributed by atoms with Crippen LogP contribution in [0.15, 0.2) is 0 Å². The van der Waals surface area contributed by atoms with Gasteiger partial charge >= 0.3 is 58.2 Å². The van der Waals surface area contributed by atoms with Crippen molar-refractivity contribution in [2.75, 3.05) is 0 Å². The van der Waals surface area contributed by atoms with Crippen LogP contribution in [0.1, 0.15) is 20.9 Å². The standard InChI is InChI=1S/C10H8Cl2N2OS.Rb/c1-3-5-7(12)8(9(13)15)16-10(5)14-4(2)6(3)11;/h1-2H3,(H2,13,15);/q;+1/p-1. The van der Waals surface area contributed by atoms with Crippen molar-refractivity contribution in [3.8, 4) is 0 Å². The molecule has 17 heavy (non-hydrogen) atoms. The van der Waals surface area contributed by atoms with Gasteiger partial charge in [-0.15, -0.1) is 11.3 Å². The molecule has 0 unspecified atom stereocenters. The van der Waals surface area contributed by atoms with Crippen LogP contribution >= 0.6 is 34.5 Å². The van der Waals surface area contributed by atoms with Crippen LogP contribution in [0.2, 0.25) is 10.0 Å². The minimum atomic E-state index is -0.791. The molecule has 0 aliphatic rings. The minimum Gasteiger partial charge on any atom is -0.663 e. The molecule has 1 N–H and O–H groups in total. The normalized spacial score (nSPS) is 10.4. The quantitative estimate of drug-likeness (QED) is 0.773. The van der Waals surface area contributed by atoms with Gasteiger partial charge in [0.25, 0.3) is 0 Å². The molecule has 0 aliphatic carbocycles. The molecule has 2 aromatic heterocycles. The van der Waals surface area contributed by atoms with Gasteiger partial charge in [0.1, 0.15) is 4.83 Å². The maximum absolute atomic E-state index is 11.0. The second kappa shape index (κ2) is 5.95. The molecule has 0 aromatic carbocycles. The Hall–Kier alpha value is 0.965. The number of hydrogen-bond donors (Lipinski definition) is 0. The van der Waals surface area contributed by atoms with E-state index in [1.54, 1.807) is 6.92 Å². The van der Waals surface area contributed by atoms with Crippen molar-refractivity contribution in [2.24, 2.45) is 0 Å². The van der Waals surface area contributed by atoms with Crippen LogP contribution in [0.3, 0.4) is 0 Å². The molecule has 2 heterocycles. The number of carbonyl (C=O) groups excluding carboxylic acids is 1. The summed E-state index contributed by atoms with van der Waals surface area (Å²) < 4.78 is 0. The van der Waals surface area contributed by atoms with Crippen LogP contribution in [0.4, 0.5) is 0 Å². The minimum absolute atomic E-state index is 0. The fourth-order valence-electron chi connectivity index (χ4n) is 1.53. The van der Waals surface area contributed by atoms with Gasteiger partial charge in [0.2, 0.25) is 0 Å². The summed E-state index contributed by atoms with van der Waals surface area (Å²) in [5.41, 5.74) is 8.60. The summed E-state index contributed by atoms with van der Waals surface area (Å²) in [4.78, 5) is 16.2. The van der Waals surface area contributed by atoms with E-state index in [1.807, 2.05) is 6.92 Å². The van der Waals surface area contributed by atoms with Gasteiger partial charge in [0.15, 0.2) is 0 Å². The average Bonchev–Trinajstić information content (AvgIpc) is 2.52. The van der Waals surface area contributed by atoms with Crippen molar-refractivity contribution in [2.45, 2.75) is 13.8 Å². The number of rotatable bonds is 1. The molecule has 7 heteroatoms. The number of aryl methyl sites for hydroxylation is 2. The third-order valence-corrected chi connectivity index (χ3v) is 4.46. The molecule has 2 rings (SSSR count). The zero-order chi connectivity index (χ0) is 12.0. The molecule has 84 valence electrons. The fourth-order valence-corrected chi connectivity index (χ4v) is 3.18. The van der Waals surface area contributed by atoms with Crippen molar-refractivity contribution in [1.82, 2.24) is 4.98 Å². The van der Waals surface area contributed by atoms with Gasteiger partial charge in [-0.3, -0.25) is 0 Å². The average molecular weight is 360 g/mol. The van der Waals surface area contributed by atoms with Crippen LogP contribution in [-0.4, -0.2) is 10.9 Å². The third-order valence-electron chi connectivity index (χ3n) is 2.33. The smallest absolute Gasteiger partial charge is 0.663 e. The number of nitrogens with zero attached hydrogens (tertiary/aromatic N) is 1. The summed E-state index contributed by atoms with van der Waals surface area (Å²) in [5.74, 6) is -0.791. The Morgan fingerprint density at radius 1 is 1.29 bits per heavy atom. The number of halogens is 2. The molecule has 0 atom stereocenters. The number of thiophene rings is 1. The summed E-state index contributed by atoms with van der Waals surface area (Å²) in [6.45, 7) is 3.63. The number of hydrogen-bond acceptors (Lipinski definition) is 3. The van der Waals surface area contributed by atoms with Gasteiger partial charge in [-0.2, -0.15) is 0 Å². The van der Waals surface area contributed by atoms with E-state index in [1.165, 1.54) is 0 Å². The van der Waals surface area contributed by atoms with Gasteiger partial charge in [0.05, 0.1) is 26.5 Å². The van der Waals surface area contributed by atoms with Crippen LogP contribution in [-0.2, 0) is 0 Å². The molecule has 0 fully saturated rings. The van der Waals surface area contributed by atoms with Crippen LogP contribution in [0.5, 0.6) is 0 Å². The number of amides is 1. The number of carbonyl (C=O) groups is 1. The molecule has 0 radical (unpaired) electrons. The Kier molecular flexibility index (Phi) is 5.60. The van der Waals surface area contributed by atoms with Gasteiger partial charge in [-0.25, -0.2) is 4.98 Å². The maximum Gasteiger partial charge on any atom is 1.00 e. The summed E-state index contributed by atoms with van der Waals surface area (Å²) in [7, 11) is 0. The predicted molar refractivity (Wildman–Crippen MR) is 67.8 cm³/mol. The Bertz CT molecular complexity index is 612. The summed E-state index contributed by atoms with van der Waals surface area (Å²) in [6, 6.07) is 0. The first kappa shape index (κ1) is 16.0. The van der Waals surface area contributed by atoms with Crippen LogP contribution < -0.4 is 58.2 Å². The topological polar surface area (TPSA) is 53.8 Å². The first-order valence-corrected chi connectivity index (χ1v) is 6.01. The maximum atomic E-state index is 11.0. The largest absolute Gasteiger partial charge is 1.00 e. The molecule has 2 aromatic rings. The molecular formula is C10H7Cl2N2ORbS. The SMILES string of the molecule is Cc1nc2sc(C([NH-])=O)c(Cl)c2c(C)c1Cl.[Rb+]. The van der Waals surface area contributed by atoms with E-state index < -0.39 is 5.91 Å². The number of fused-ring (bicyclic) bond motifs is 1. The second-order valence-electron chi connectivity index (χ2n) is 3.39. The summed E-state index contributed by atoms with van der Waals surface area (Å²) >= 11 is 13.3. The van der Waals surface area contributed by atoms with Crippen LogP contribution in [0.25, 0.3) is 16.0 Å². The van der Waals surface area contributed by atoms with Crippen molar-refractivity contribution in [3.05, 3.63) is 31.9 Å². The van der Waals surface area contributed by atoms with E-state index in [-0.39, 0.29) is 68.1 Å². The Labute approximate surface area is 161 Å². The van der Waals surface area contributed by atoms with E-state index in [2.05, 4.69) is 4.98 Å². The Balaban J connectivity index is 0.00000144. The van der Waals surface area contributed by atoms with Crippen molar-refractivity contribution in [3.63, 3.8) is 0 Å². The van der Waals surface area contributed by atoms with E-state index in [9.17, 15) is 4.79 Å². The zero-order valence-electron chi connectivity index (χ0n) is 9.52. The fraction of sp³-hybridized carbons (Fsp3) is 0.200. The number of aromatic nitrogens is 1. The molecule has 3 nitrogen and oxygen atoms in total. The molecule has 0 aliphatic heterocycles. The van der Waals surface area contributed by atoms with Crippen LogP contribution in [0, 0.1) is 13.8 Å². The second-order valence-corrected chi connectivity index (χ2v) is 5.15. The van der Waals surface area contributed by atoms with E-state index in [0.717, 1.165) is 16.9 Å². The van der Waals surface area contributed by atoms with Crippen molar-refractivity contribution < 1.29 is 63.0 Å². The monoisotopic (exact) mass is 358 g/mol. The molecule has 0 saturated heterocycles. The summed E-state index contributed by atoms with van der Waals surface area (Å²) in [5, 5.41) is 1.51. The molecule has 0 bridgehead atoms. The molecular weight excluding hydrogens is 353 g/mol. The van der Waals surface area contributed by atoms with E-state index in [4.69, 9.17) is 28.9 Å². The van der Waals surface area contributed by atoms with Gasteiger partial charge in [-0.05, 0) is 19.4 Å². The Morgan fingerprint density at radius 3 is 2.41 bits per heavy atom. The molecule has 0 saturated carbocycles. The molecule has 1 amide bonds. The molecule has 0 spiro atoms. The first-order chi connectivity index (χ1) is 7.43. The first-order valence-electron chi connectivity index (χ1n) is 4.44.